The Morgan fingerprint density at radius 3 is 2.50 bits per heavy atom. The van der Waals surface area contributed by atoms with Gasteiger partial charge in [0.2, 0.25) is 0 Å². The van der Waals surface area contributed by atoms with Crippen LogP contribution in [0.3, 0.4) is 0 Å². The zero-order valence-electron chi connectivity index (χ0n) is 13.2. The highest BCUT2D eigenvalue weighted by atomic mass is 35.5. The number of halogens is 1. The number of methoxy groups -OCH3 is 2. The van der Waals surface area contributed by atoms with Gasteiger partial charge in [-0.25, -0.2) is 4.79 Å². The van der Waals surface area contributed by atoms with E-state index in [9.17, 15) is 4.79 Å². The molecule has 6 nitrogen and oxygen atoms in total. The molecule has 0 unspecified atom stereocenters. The molecule has 7 heteroatoms. The molecule has 1 rings (SSSR count). The van der Waals surface area contributed by atoms with Crippen molar-refractivity contribution in [1.82, 2.24) is 4.90 Å². The van der Waals surface area contributed by atoms with E-state index in [0.717, 1.165) is 12.8 Å². The molecule has 0 saturated heterocycles. The molecule has 0 radical (unpaired) electrons. The standard InChI is InChI=1S/C15H23ClN2O4/c1-4-5-6-18(7-8-19)15(20)17-12-9-11(16)13(21-2)10-14(12)22-3/h9-10,19H,4-8H2,1-3H3,(H,17,20). The predicted octanol–water partition coefficient (Wildman–Crippen LogP) is 2.98. The summed E-state index contributed by atoms with van der Waals surface area (Å²) in [7, 11) is 3.01. The Morgan fingerprint density at radius 2 is 1.95 bits per heavy atom. The maximum Gasteiger partial charge on any atom is 0.322 e. The van der Waals surface area contributed by atoms with Crippen LogP contribution in [0.25, 0.3) is 0 Å². The van der Waals surface area contributed by atoms with Gasteiger partial charge in [-0.2, -0.15) is 0 Å². The van der Waals surface area contributed by atoms with Crippen LogP contribution in [-0.2, 0) is 0 Å². The summed E-state index contributed by atoms with van der Waals surface area (Å²) in [6, 6.07) is 2.89. The van der Waals surface area contributed by atoms with Crippen molar-refractivity contribution in [2.75, 3.05) is 39.2 Å². The van der Waals surface area contributed by atoms with E-state index in [-0.39, 0.29) is 19.2 Å². The van der Waals surface area contributed by atoms with Gasteiger partial charge < -0.3 is 24.8 Å². The maximum atomic E-state index is 12.3. The molecule has 0 bridgehead atoms. The van der Waals surface area contributed by atoms with Crippen molar-refractivity contribution in [2.45, 2.75) is 19.8 Å². The van der Waals surface area contributed by atoms with Crippen LogP contribution in [0.1, 0.15) is 19.8 Å². The Hall–Kier alpha value is -1.66. The third-order valence-electron chi connectivity index (χ3n) is 3.15. The number of ether oxygens (including phenoxy) is 2. The second-order valence-electron chi connectivity index (χ2n) is 4.68. The summed E-state index contributed by atoms with van der Waals surface area (Å²) in [5.74, 6) is 0.920. The van der Waals surface area contributed by atoms with Crippen LogP contribution >= 0.6 is 11.6 Å². The third kappa shape index (κ3) is 4.96. The monoisotopic (exact) mass is 330 g/mol. The van der Waals surface area contributed by atoms with Crippen LogP contribution in [0.4, 0.5) is 10.5 Å². The highest BCUT2D eigenvalue weighted by Crippen LogP contribution is 2.35. The largest absolute Gasteiger partial charge is 0.495 e. The number of carbonyl (C=O) groups excluding carboxylic acids is 1. The molecule has 0 atom stereocenters. The normalized spacial score (nSPS) is 10.2. The van der Waals surface area contributed by atoms with Gasteiger partial charge in [-0.15, -0.1) is 0 Å². The Morgan fingerprint density at radius 1 is 1.27 bits per heavy atom. The number of amides is 2. The van der Waals surface area contributed by atoms with Crippen molar-refractivity contribution < 1.29 is 19.4 Å². The molecule has 2 N–H and O–H groups in total. The predicted molar refractivity (Wildman–Crippen MR) is 87.1 cm³/mol. The lowest BCUT2D eigenvalue weighted by molar-refractivity contribution is 0.187. The van der Waals surface area contributed by atoms with Crippen molar-refractivity contribution in [2.24, 2.45) is 0 Å². The van der Waals surface area contributed by atoms with E-state index in [0.29, 0.717) is 28.8 Å². The second-order valence-corrected chi connectivity index (χ2v) is 5.09. The summed E-state index contributed by atoms with van der Waals surface area (Å²) < 4.78 is 10.4. The van der Waals surface area contributed by atoms with Gasteiger partial charge in [0.15, 0.2) is 0 Å². The molecule has 124 valence electrons. The lowest BCUT2D eigenvalue weighted by atomic mass is 10.2. The summed E-state index contributed by atoms with van der Waals surface area (Å²) in [5.41, 5.74) is 0.456. The van der Waals surface area contributed by atoms with Crippen molar-refractivity contribution in [1.29, 1.82) is 0 Å². The lowest BCUT2D eigenvalue weighted by Gasteiger charge is -2.23. The van der Waals surface area contributed by atoms with E-state index in [1.807, 2.05) is 6.92 Å². The van der Waals surface area contributed by atoms with Crippen LogP contribution in [0.15, 0.2) is 12.1 Å². The fourth-order valence-electron chi connectivity index (χ4n) is 1.94. The first-order chi connectivity index (χ1) is 10.6. The van der Waals surface area contributed by atoms with Gasteiger partial charge in [0.1, 0.15) is 11.5 Å². The summed E-state index contributed by atoms with van der Waals surface area (Å²) in [6.07, 6.45) is 1.83. The first kappa shape index (κ1) is 18.4. The number of rotatable bonds is 8. The minimum absolute atomic E-state index is 0.0857. The summed E-state index contributed by atoms with van der Waals surface area (Å²) in [4.78, 5) is 13.9. The van der Waals surface area contributed by atoms with Crippen molar-refractivity contribution in [3.05, 3.63) is 17.2 Å². The van der Waals surface area contributed by atoms with Crippen LogP contribution in [0.5, 0.6) is 11.5 Å². The third-order valence-corrected chi connectivity index (χ3v) is 3.45. The Labute approximate surface area is 136 Å². The number of hydrogen-bond donors (Lipinski definition) is 2. The average molecular weight is 331 g/mol. The maximum absolute atomic E-state index is 12.3. The van der Waals surface area contributed by atoms with Crippen LogP contribution in [0.2, 0.25) is 5.02 Å². The molecule has 0 aliphatic heterocycles. The molecule has 22 heavy (non-hydrogen) atoms. The minimum Gasteiger partial charge on any atom is -0.495 e. The first-order valence-corrected chi connectivity index (χ1v) is 7.53. The number of aliphatic hydroxyl groups is 1. The van der Waals surface area contributed by atoms with E-state index in [2.05, 4.69) is 5.32 Å². The summed E-state index contributed by atoms with van der Waals surface area (Å²) in [6.45, 7) is 2.81. The second kappa shape index (κ2) is 9.38. The fraction of sp³-hybridized carbons (Fsp3) is 0.533. The molecular weight excluding hydrogens is 308 g/mol. The summed E-state index contributed by atoms with van der Waals surface area (Å²) >= 11 is 6.08. The molecule has 0 fully saturated rings. The average Bonchev–Trinajstić information content (AvgIpc) is 2.51. The van der Waals surface area contributed by atoms with Gasteiger partial charge in [0, 0.05) is 19.2 Å². The Balaban J connectivity index is 2.91. The number of nitrogens with one attached hydrogen (secondary N) is 1. The first-order valence-electron chi connectivity index (χ1n) is 7.15. The van der Waals surface area contributed by atoms with Crippen LogP contribution in [0, 0.1) is 0 Å². The highest BCUT2D eigenvalue weighted by Gasteiger charge is 2.16. The number of urea groups is 1. The fourth-order valence-corrected chi connectivity index (χ4v) is 2.18. The van der Waals surface area contributed by atoms with Crippen molar-refractivity contribution in [3.8, 4) is 11.5 Å². The number of aliphatic hydroxyl groups excluding tert-OH is 1. The molecule has 1 aromatic rings. The van der Waals surface area contributed by atoms with Gasteiger partial charge in [0.25, 0.3) is 0 Å². The quantitative estimate of drug-likeness (QED) is 0.768. The molecular formula is C15H23ClN2O4. The van der Waals surface area contributed by atoms with Crippen molar-refractivity contribution >= 4 is 23.3 Å². The molecule has 0 spiro atoms. The number of anilines is 1. The minimum atomic E-state index is -0.304. The van der Waals surface area contributed by atoms with Gasteiger partial charge in [-0.3, -0.25) is 0 Å². The molecule has 2 amide bonds. The van der Waals surface area contributed by atoms with Gasteiger partial charge in [-0.1, -0.05) is 24.9 Å². The highest BCUT2D eigenvalue weighted by molar-refractivity contribution is 6.32. The van der Waals surface area contributed by atoms with E-state index in [4.69, 9.17) is 26.2 Å². The number of nitrogens with zero attached hydrogens (tertiary/aromatic N) is 1. The number of benzene rings is 1. The molecule has 0 aliphatic rings. The molecule has 0 heterocycles. The SMILES string of the molecule is CCCCN(CCO)C(=O)Nc1cc(Cl)c(OC)cc1OC. The number of carbonyl (C=O) groups is 1. The van der Waals surface area contributed by atoms with Crippen LogP contribution in [-0.4, -0.2) is 50.0 Å². The number of unbranched alkanes of at least 4 members (excludes halogenated alkanes) is 1. The lowest BCUT2D eigenvalue weighted by Crippen LogP contribution is -2.37. The van der Waals surface area contributed by atoms with Crippen LogP contribution < -0.4 is 14.8 Å². The molecule has 0 aromatic heterocycles. The number of hydrogen-bond acceptors (Lipinski definition) is 4. The van der Waals surface area contributed by atoms with E-state index < -0.39 is 0 Å². The smallest absolute Gasteiger partial charge is 0.322 e. The van der Waals surface area contributed by atoms with Gasteiger partial charge in [0.05, 0.1) is 31.5 Å². The van der Waals surface area contributed by atoms with Crippen molar-refractivity contribution in [3.63, 3.8) is 0 Å². The molecule has 1 aromatic carbocycles. The molecule has 0 saturated carbocycles. The zero-order chi connectivity index (χ0) is 16.5. The Bertz CT molecular complexity index is 497. The summed E-state index contributed by atoms with van der Waals surface area (Å²) in [5, 5.41) is 12.2. The van der Waals surface area contributed by atoms with E-state index >= 15 is 0 Å². The van der Waals surface area contributed by atoms with E-state index in [1.165, 1.54) is 14.2 Å². The van der Waals surface area contributed by atoms with E-state index in [1.54, 1.807) is 17.0 Å². The zero-order valence-corrected chi connectivity index (χ0v) is 13.9. The Kier molecular flexibility index (Phi) is 7.84. The van der Waals surface area contributed by atoms with Gasteiger partial charge >= 0.3 is 6.03 Å². The topological polar surface area (TPSA) is 71.0 Å². The molecule has 0 aliphatic carbocycles. The van der Waals surface area contributed by atoms with Gasteiger partial charge in [-0.05, 0) is 12.5 Å².